The number of anilines is 1. The Morgan fingerprint density at radius 2 is 2.33 bits per heavy atom. The van der Waals surface area contributed by atoms with E-state index in [2.05, 4.69) is 12.0 Å². The van der Waals surface area contributed by atoms with Crippen LogP contribution in [0.25, 0.3) is 0 Å². The molecule has 0 aromatic carbocycles. The van der Waals surface area contributed by atoms with Gasteiger partial charge < -0.3 is 10.6 Å². The number of hydrogen-bond acceptors (Lipinski definition) is 4. The lowest BCUT2D eigenvalue weighted by molar-refractivity contribution is 0.516. The first-order valence-electron chi connectivity index (χ1n) is 6.03. The largest absolute Gasteiger partial charge is 0.393 e. The topological polar surface area (TPSA) is 64.2 Å². The molecule has 6 heteroatoms. The number of aromatic nitrogens is 2. The predicted octanol–water partition coefficient (Wildman–Crippen LogP) is 1.01. The Labute approximate surface area is 113 Å². The standard InChI is InChI=1S/C12H20N4OS/c1-4-5-15(3)10-6-11(17)16(14-7-10)8-9(2)12(13)18/h6-7,9H,4-5,8H2,1-3H3,(H2,13,18). The van der Waals surface area contributed by atoms with Crippen LogP contribution in [0.5, 0.6) is 0 Å². The molecule has 0 aliphatic carbocycles. The number of thiocarbonyl (C=S) groups is 1. The fourth-order valence-electron chi connectivity index (χ4n) is 1.58. The summed E-state index contributed by atoms with van der Waals surface area (Å²) in [6.07, 6.45) is 2.72. The summed E-state index contributed by atoms with van der Waals surface area (Å²) in [4.78, 5) is 14.3. The minimum atomic E-state index is -0.126. The summed E-state index contributed by atoms with van der Waals surface area (Å²) in [5.41, 5.74) is 6.24. The summed E-state index contributed by atoms with van der Waals surface area (Å²) in [6, 6.07) is 1.59. The van der Waals surface area contributed by atoms with Crippen LogP contribution in [0.2, 0.25) is 0 Å². The van der Waals surface area contributed by atoms with Gasteiger partial charge >= 0.3 is 0 Å². The second-order valence-corrected chi connectivity index (χ2v) is 4.93. The average Bonchev–Trinajstić information content (AvgIpc) is 2.31. The zero-order valence-electron chi connectivity index (χ0n) is 11.1. The van der Waals surface area contributed by atoms with Crippen LogP contribution in [0.4, 0.5) is 5.69 Å². The van der Waals surface area contributed by atoms with Gasteiger partial charge in [-0.3, -0.25) is 4.79 Å². The number of rotatable bonds is 6. The minimum Gasteiger partial charge on any atom is -0.393 e. The molecule has 0 aliphatic heterocycles. The minimum absolute atomic E-state index is 0.0376. The smallest absolute Gasteiger partial charge is 0.268 e. The van der Waals surface area contributed by atoms with Crippen molar-refractivity contribution in [2.75, 3.05) is 18.5 Å². The van der Waals surface area contributed by atoms with Crippen LogP contribution >= 0.6 is 12.2 Å². The van der Waals surface area contributed by atoms with Gasteiger partial charge in [0.25, 0.3) is 5.56 Å². The van der Waals surface area contributed by atoms with Crippen LogP contribution in [0.1, 0.15) is 20.3 Å². The quantitative estimate of drug-likeness (QED) is 0.780. The second-order valence-electron chi connectivity index (χ2n) is 4.46. The van der Waals surface area contributed by atoms with Gasteiger partial charge in [0.15, 0.2) is 0 Å². The van der Waals surface area contributed by atoms with Crippen molar-refractivity contribution in [3.8, 4) is 0 Å². The molecule has 0 spiro atoms. The van der Waals surface area contributed by atoms with Crippen molar-refractivity contribution < 1.29 is 0 Å². The Hall–Kier alpha value is -1.43. The van der Waals surface area contributed by atoms with Gasteiger partial charge in [-0.2, -0.15) is 5.10 Å². The number of nitrogens with two attached hydrogens (primary N) is 1. The average molecular weight is 268 g/mol. The van der Waals surface area contributed by atoms with E-state index in [-0.39, 0.29) is 11.5 Å². The summed E-state index contributed by atoms with van der Waals surface area (Å²) >= 11 is 4.89. The van der Waals surface area contributed by atoms with Gasteiger partial charge in [0.05, 0.1) is 23.4 Å². The third kappa shape index (κ3) is 3.80. The Morgan fingerprint density at radius 3 is 2.83 bits per heavy atom. The van der Waals surface area contributed by atoms with Gasteiger partial charge in [-0.25, -0.2) is 4.68 Å². The van der Waals surface area contributed by atoms with Crippen LogP contribution in [0, 0.1) is 5.92 Å². The first kappa shape index (κ1) is 14.6. The van der Waals surface area contributed by atoms with E-state index in [1.807, 2.05) is 18.9 Å². The maximum Gasteiger partial charge on any atom is 0.268 e. The lowest BCUT2D eigenvalue weighted by Crippen LogP contribution is -2.31. The molecule has 0 radical (unpaired) electrons. The van der Waals surface area contributed by atoms with E-state index in [4.69, 9.17) is 18.0 Å². The Balaban J connectivity index is 2.86. The molecule has 0 saturated heterocycles. The van der Waals surface area contributed by atoms with E-state index < -0.39 is 0 Å². The SMILES string of the molecule is CCCN(C)c1cnn(CC(C)C(N)=S)c(=O)c1. The van der Waals surface area contributed by atoms with Crippen molar-refractivity contribution in [1.29, 1.82) is 0 Å². The number of nitrogens with zero attached hydrogens (tertiary/aromatic N) is 3. The fourth-order valence-corrected chi connectivity index (χ4v) is 1.66. The Morgan fingerprint density at radius 1 is 1.67 bits per heavy atom. The highest BCUT2D eigenvalue weighted by atomic mass is 32.1. The van der Waals surface area contributed by atoms with Crippen molar-refractivity contribution in [1.82, 2.24) is 9.78 Å². The summed E-state index contributed by atoms with van der Waals surface area (Å²) in [6.45, 7) is 5.29. The van der Waals surface area contributed by atoms with Crippen LogP contribution in [-0.2, 0) is 6.54 Å². The monoisotopic (exact) mass is 268 g/mol. The van der Waals surface area contributed by atoms with E-state index >= 15 is 0 Å². The van der Waals surface area contributed by atoms with Crippen LogP contribution < -0.4 is 16.2 Å². The van der Waals surface area contributed by atoms with Gasteiger partial charge in [-0.15, -0.1) is 0 Å². The molecule has 18 heavy (non-hydrogen) atoms. The Bertz CT molecular complexity index is 471. The van der Waals surface area contributed by atoms with E-state index in [0.29, 0.717) is 11.5 Å². The molecule has 0 saturated carbocycles. The zero-order chi connectivity index (χ0) is 13.7. The fraction of sp³-hybridized carbons (Fsp3) is 0.583. The molecule has 1 aromatic heterocycles. The molecule has 0 amide bonds. The summed E-state index contributed by atoms with van der Waals surface area (Å²) in [5.74, 6) is -0.0376. The summed E-state index contributed by atoms with van der Waals surface area (Å²) < 4.78 is 1.40. The molecule has 0 bridgehead atoms. The van der Waals surface area contributed by atoms with Gasteiger partial charge in [0.2, 0.25) is 0 Å². The molecule has 5 nitrogen and oxygen atoms in total. The van der Waals surface area contributed by atoms with Crippen molar-refractivity contribution in [3.05, 3.63) is 22.6 Å². The molecule has 1 heterocycles. The maximum absolute atomic E-state index is 11.9. The normalized spacial score (nSPS) is 12.2. The van der Waals surface area contributed by atoms with Gasteiger partial charge in [0, 0.05) is 25.6 Å². The molecule has 1 aromatic rings. The molecule has 0 fully saturated rings. The van der Waals surface area contributed by atoms with Crippen molar-refractivity contribution in [2.45, 2.75) is 26.8 Å². The maximum atomic E-state index is 11.9. The second kappa shape index (κ2) is 6.49. The van der Waals surface area contributed by atoms with Gasteiger partial charge in [0.1, 0.15) is 0 Å². The van der Waals surface area contributed by atoms with E-state index in [9.17, 15) is 4.79 Å². The highest BCUT2D eigenvalue weighted by molar-refractivity contribution is 7.80. The Kier molecular flexibility index (Phi) is 5.27. The van der Waals surface area contributed by atoms with Crippen molar-refractivity contribution in [2.24, 2.45) is 11.7 Å². The third-order valence-corrected chi connectivity index (χ3v) is 3.19. The number of hydrogen-bond donors (Lipinski definition) is 1. The van der Waals surface area contributed by atoms with Crippen molar-refractivity contribution >= 4 is 22.9 Å². The van der Waals surface area contributed by atoms with Crippen molar-refractivity contribution in [3.63, 3.8) is 0 Å². The lowest BCUT2D eigenvalue weighted by atomic mass is 10.2. The first-order valence-corrected chi connectivity index (χ1v) is 6.44. The van der Waals surface area contributed by atoms with E-state index in [1.54, 1.807) is 12.3 Å². The predicted molar refractivity (Wildman–Crippen MR) is 78.0 cm³/mol. The third-order valence-electron chi connectivity index (χ3n) is 2.79. The highest BCUT2D eigenvalue weighted by Crippen LogP contribution is 2.07. The molecular formula is C12H20N4OS. The highest BCUT2D eigenvalue weighted by Gasteiger charge is 2.09. The van der Waals surface area contributed by atoms with Gasteiger partial charge in [-0.1, -0.05) is 26.1 Å². The molecule has 2 N–H and O–H groups in total. The first-order chi connectivity index (χ1) is 8.45. The molecular weight excluding hydrogens is 248 g/mol. The van der Waals surface area contributed by atoms with Crippen LogP contribution in [0.15, 0.2) is 17.1 Å². The zero-order valence-corrected chi connectivity index (χ0v) is 11.9. The van der Waals surface area contributed by atoms with Crippen LogP contribution in [-0.4, -0.2) is 28.4 Å². The van der Waals surface area contributed by atoms with Gasteiger partial charge in [-0.05, 0) is 6.42 Å². The molecule has 0 aliphatic rings. The molecule has 100 valence electrons. The molecule has 1 unspecified atom stereocenters. The lowest BCUT2D eigenvalue weighted by Gasteiger charge is -2.18. The van der Waals surface area contributed by atoms with E-state index in [0.717, 1.165) is 18.7 Å². The van der Waals surface area contributed by atoms with Crippen LogP contribution in [0.3, 0.4) is 0 Å². The summed E-state index contributed by atoms with van der Waals surface area (Å²) in [7, 11) is 1.95. The molecule has 1 rings (SSSR count). The molecule has 1 atom stereocenters. The van der Waals surface area contributed by atoms with E-state index in [1.165, 1.54) is 4.68 Å². The summed E-state index contributed by atoms with van der Waals surface area (Å²) in [5, 5.41) is 4.15.